The lowest BCUT2D eigenvalue weighted by molar-refractivity contribution is 0.837. The van der Waals surface area contributed by atoms with Crippen molar-refractivity contribution in [3.63, 3.8) is 0 Å². The van der Waals surface area contributed by atoms with Gasteiger partial charge in [-0.25, -0.2) is 14.6 Å². The average molecular weight is 306 g/mol. The van der Waals surface area contributed by atoms with Gasteiger partial charge in [-0.1, -0.05) is 11.6 Å². The average Bonchev–Trinajstić information content (AvgIpc) is 2.53. The second-order valence-electron chi connectivity index (χ2n) is 2.30. The molecule has 2 aromatic heterocycles. The molecule has 0 bridgehead atoms. The molecule has 2 rings (SSSR count). The number of aromatic nitrogens is 4. The van der Waals surface area contributed by atoms with Gasteiger partial charge in [-0.15, -0.1) is 0 Å². The zero-order chi connectivity index (χ0) is 9.26. The highest BCUT2D eigenvalue weighted by atomic mass is 127. The molecule has 2 aromatic rings. The molecule has 0 aliphatic carbocycles. The van der Waals surface area contributed by atoms with Gasteiger partial charge in [0.25, 0.3) is 0 Å². The first-order valence-corrected chi connectivity index (χ1v) is 4.89. The van der Waals surface area contributed by atoms with Crippen molar-refractivity contribution in [2.24, 2.45) is 0 Å². The molecule has 6 heteroatoms. The van der Waals surface area contributed by atoms with Crippen molar-refractivity contribution in [2.75, 3.05) is 0 Å². The Morgan fingerprint density at radius 1 is 1.23 bits per heavy atom. The number of rotatable bonds is 1. The third-order valence-electron chi connectivity index (χ3n) is 1.39. The van der Waals surface area contributed by atoms with Crippen LogP contribution in [0.4, 0.5) is 0 Å². The molecule has 0 aliphatic rings. The fraction of sp³-hybridized carbons (Fsp3) is 0. The first kappa shape index (κ1) is 8.89. The monoisotopic (exact) mass is 306 g/mol. The topological polar surface area (TPSA) is 43.6 Å². The van der Waals surface area contributed by atoms with Gasteiger partial charge in [0, 0.05) is 6.20 Å². The molecule has 0 N–H and O–H groups in total. The summed E-state index contributed by atoms with van der Waals surface area (Å²) >= 11 is 7.78. The van der Waals surface area contributed by atoms with Crippen LogP contribution >= 0.6 is 34.2 Å². The SMILES string of the molecule is Clc1cnc(-n2cc(I)cn2)cn1. The quantitative estimate of drug-likeness (QED) is 0.756. The lowest BCUT2D eigenvalue weighted by atomic mass is 10.6. The molecule has 66 valence electrons. The third kappa shape index (κ3) is 1.97. The lowest BCUT2D eigenvalue weighted by Gasteiger charge is -1.97. The Morgan fingerprint density at radius 3 is 2.62 bits per heavy atom. The smallest absolute Gasteiger partial charge is 0.171 e. The second kappa shape index (κ2) is 3.59. The molecule has 0 fully saturated rings. The molecule has 0 spiro atoms. The lowest BCUT2D eigenvalue weighted by Crippen LogP contribution is -1.97. The van der Waals surface area contributed by atoms with E-state index in [4.69, 9.17) is 11.6 Å². The Morgan fingerprint density at radius 2 is 2.08 bits per heavy atom. The van der Waals surface area contributed by atoms with Crippen LogP contribution in [-0.4, -0.2) is 19.7 Å². The van der Waals surface area contributed by atoms with E-state index >= 15 is 0 Å². The molecule has 0 atom stereocenters. The van der Waals surface area contributed by atoms with Crippen molar-refractivity contribution in [1.29, 1.82) is 0 Å². The summed E-state index contributed by atoms with van der Waals surface area (Å²) in [4.78, 5) is 7.97. The highest BCUT2D eigenvalue weighted by Crippen LogP contribution is 2.07. The number of hydrogen-bond acceptors (Lipinski definition) is 3. The number of halogens is 2. The van der Waals surface area contributed by atoms with Crippen LogP contribution in [0.15, 0.2) is 24.8 Å². The van der Waals surface area contributed by atoms with Crippen molar-refractivity contribution >= 4 is 34.2 Å². The van der Waals surface area contributed by atoms with E-state index in [2.05, 4.69) is 37.7 Å². The number of hydrogen-bond donors (Lipinski definition) is 0. The van der Waals surface area contributed by atoms with Gasteiger partial charge in [0.2, 0.25) is 0 Å². The van der Waals surface area contributed by atoms with E-state index in [0.717, 1.165) is 3.57 Å². The second-order valence-corrected chi connectivity index (χ2v) is 3.93. The van der Waals surface area contributed by atoms with Crippen LogP contribution in [0.1, 0.15) is 0 Å². The van der Waals surface area contributed by atoms with Crippen molar-refractivity contribution in [3.8, 4) is 5.82 Å². The summed E-state index contributed by atoms with van der Waals surface area (Å²) in [6, 6.07) is 0. The van der Waals surface area contributed by atoms with Crippen molar-refractivity contribution < 1.29 is 0 Å². The van der Waals surface area contributed by atoms with Crippen LogP contribution in [0.2, 0.25) is 5.15 Å². The maximum Gasteiger partial charge on any atom is 0.171 e. The molecule has 13 heavy (non-hydrogen) atoms. The van der Waals surface area contributed by atoms with Gasteiger partial charge < -0.3 is 0 Å². The Balaban J connectivity index is 2.41. The molecule has 0 radical (unpaired) electrons. The maximum atomic E-state index is 5.60. The van der Waals surface area contributed by atoms with Crippen LogP contribution in [0.5, 0.6) is 0 Å². The number of nitrogens with zero attached hydrogens (tertiary/aromatic N) is 4. The molecular formula is C7H4ClIN4. The summed E-state index contributed by atoms with van der Waals surface area (Å²) in [5.74, 6) is 0.660. The highest BCUT2D eigenvalue weighted by molar-refractivity contribution is 14.1. The maximum absolute atomic E-state index is 5.60. The van der Waals surface area contributed by atoms with E-state index in [-0.39, 0.29) is 0 Å². The zero-order valence-electron chi connectivity index (χ0n) is 6.35. The van der Waals surface area contributed by atoms with Gasteiger partial charge >= 0.3 is 0 Å². The molecule has 4 nitrogen and oxygen atoms in total. The van der Waals surface area contributed by atoms with Crippen LogP contribution in [0.25, 0.3) is 5.82 Å². The summed E-state index contributed by atoms with van der Waals surface area (Å²) in [6.45, 7) is 0. The van der Waals surface area contributed by atoms with Gasteiger partial charge in [0.1, 0.15) is 5.15 Å². The van der Waals surface area contributed by atoms with Gasteiger partial charge in [0.15, 0.2) is 5.82 Å². The van der Waals surface area contributed by atoms with E-state index in [0.29, 0.717) is 11.0 Å². The van der Waals surface area contributed by atoms with Gasteiger partial charge in [-0.2, -0.15) is 5.10 Å². The van der Waals surface area contributed by atoms with Gasteiger partial charge in [-0.3, -0.25) is 0 Å². The Hall–Kier alpha value is -0.690. The van der Waals surface area contributed by atoms with E-state index in [1.54, 1.807) is 17.1 Å². The molecule has 0 saturated heterocycles. The van der Waals surface area contributed by atoms with Crippen LogP contribution < -0.4 is 0 Å². The predicted molar refractivity (Wildman–Crippen MR) is 56.9 cm³/mol. The van der Waals surface area contributed by atoms with Crippen molar-refractivity contribution in [3.05, 3.63) is 33.5 Å². The summed E-state index contributed by atoms with van der Waals surface area (Å²) in [7, 11) is 0. The fourth-order valence-electron chi connectivity index (χ4n) is 0.850. The third-order valence-corrected chi connectivity index (χ3v) is 2.14. The molecular weight excluding hydrogens is 302 g/mol. The molecule has 0 saturated carbocycles. The standard InChI is InChI=1S/C7H4ClIN4/c8-6-2-11-7(3-10-6)13-4-5(9)1-12-13/h1-4H. The van der Waals surface area contributed by atoms with Crippen LogP contribution in [0, 0.1) is 3.57 Å². The van der Waals surface area contributed by atoms with Gasteiger partial charge in [-0.05, 0) is 22.6 Å². The highest BCUT2D eigenvalue weighted by Gasteiger charge is 1.99. The normalized spacial score (nSPS) is 10.3. The molecule has 0 unspecified atom stereocenters. The van der Waals surface area contributed by atoms with E-state index in [1.165, 1.54) is 6.20 Å². The van der Waals surface area contributed by atoms with E-state index in [1.807, 2.05) is 6.20 Å². The molecule has 0 aromatic carbocycles. The predicted octanol–water partition coefficient (Wildman–Crippen LogP) is 1.92. The summed E-state index contributed by atoms with van der Waals surface area (Å²) in [6.07, 6.45) is 6.67. The van der Waals surface area contributed by atoms with Gasteiger partial charge in [0.05, 0.1) is 22.2 Å². The summed E-state index contributed by atoms with van der Waals surface area (Å²) in [5.41, 5.74) is 0. The fourth-order valence-corrected chi connectivity index (χ4v) is 1.34. The minimum absolute atomic E-state index is 0.380. The molecule has 0 aliphatic heterocycles. The minimum Gasteiger partial charge on any atom is -0.239 e. The van der Waals surface area contributed by atoms with Crippen LogP contribution in [-0.2, 0) is 0 Å². The largest absolute Gasteiger partial charge is 0.239 e. The molecule has 0 amide bonds. The first-order valence-electron chi connectivity index (χ1n) is 3.44. The zero-order valence-corrected chi connectivity index (χ0v) is 9.27. The van der Waals surface area contributed by atoms with Crippen molar-refractivity contribution in [2.45, 2.75) is 0 Å². The Bertz CT molecular complexity index is 411. The summed E-state index contributed by atoms with van der Waals surface area (Å²) < 4.78 is 2.69. The van der Waals surface area contributed by atoms with E-state index < -0.39 is 0 Å². The first-order chi connectivity index (χ1) is 6.25. The minimum atomic E-state index is 0.380. The van der Waals surface area contributed by atoms with E-state index in [9.17, 15) is 0 Å². The summed E-state index contributed by atoms with van der Waals surface area (Å²) in [5, 5.41) is 4.46. The van der Waals surface area contributed by atoms with Crippen molar-refractivity contribution in [1.82, 2.24) is 19.7 Å². The Labute approximate surface area is 93.1 Å². The van der Waals surface area contributed by atoms with Crippen LogP contribution in [0.3, 0.4) is 0 Å². The molecule has 2 heterocycles. The Kier molecular flexibility index (Phi) is 2.45.